The van der Waals surface area contributed by atoms with Gasteiger partial charge in [-0.2, -0.15) is 20.1 Å². The van der Waals surface area contributed by atoms with E-state index < -0.39 is 0 Å². The van der Waals surface area contributed by atoms with Crippen LogP contribution in [0.25, 0.3) is 0 Å². The lowest BCUT2D eigenvalue weighted by molar-refractivity contribution is 0.193. The molecule has 2 aliphatic rings. The smallest absolute Gasteiger partial charge is 0.156 e. The van der Waals surface area contributed by atoms with Crippen molar-refractivity contribution < 1.29 is 4.74 Å². The Hall–Kier alpha value is -1.76. The van der Waals surface area contributed by atoms with E-state index in [1.165, 1.54) is 32.1 Å². The number of ether oxygens (including phenoxy) is 1. The van der Waals surface area contributed by atoms with Crippen LogP contribution in [0.3, 0.4) is 0 Å². The van der Waals surface area contributed by atoms with Crippen LogP contribution >= 0.6 is 0 Å². The van der Waals surface area contributed by atoms with Gasteiger partial charge in [0.15, 0.2) is 11.6 Å². The minimum absolute atomic E-state index is 0.342. The lowest BCUT2D eigenvalue weighted by Gasteiger charge is -2.23. The van der Waals surface area contributed by atoms with Crippen molar-refractivity contribution in [2.75, 3.05) is 13.2 Å². The van der Waals surface area contributed by atoms with E-state index in [0.717, 1.165) is 31.3 Å². The van der Waals surface area contributed by atoms with Gasteiger partial charge >= 0.3 is 0 Å². The molecule has 0 bridgehead atoms. The van der Waals surface area contributed by atoms with Gasteiger partial charge in [-0.15, -0.1) is 0 Å². The predicted octanol–water partition coefficient (Wildman–Crippen LogP) is 1.93. The molecule has 2 aromatic rings. The third-order valence-corrected chi connectivity index (χ3v) is 4.68. The summed E-state index contributed by atoms with van der Waals surface area (Å²) in [4.78, 5) is 6.49. The number of hydrogen-bond donors (Lipinski definition) is 0. The van der Waals surface area contributed by atoms with Gasteiger partial charge in [-0.1, -0.05) is 19.3 Å². The fourth-order valence-electron chi connectivity index (χ4n) is 3.46. The second-order valence-electron chi connectivity index (χ2n) is 6.24. The predicted molar refractivity (Wildman–Crippen MR) is 79.4 cm³/mol. The first-order valence-corrected chi connectivity index (χ1v) is 8.27. The number of rotatable bonds is 4. The van der Waals surface area contributed by atoms with Crippen molar-refractivity contribution in [3.05, 3.63) is 24.0 Å². The third-order valence-electron chi connectivity index (χ3n) is 4.68. The van der Waals surface area contributed by atoms with Gasteiger partial charge in [0.05, 0.1) is 25.0 Å². The molecule has 118 valence electrons. The highest BCUT2D eigenvalue weighted by Gasteiger charge is 2.27. The third kappa shape index (κ3) is 2.77. The summed E-state index contributed by atoms with van der Waals surface area (Å²) in [7, 11) is 0. The number of aromatic nitrogens is 6. The summed E-state index contributed by atoms with van der Waals surface area (Å²) in [5.74, 6) is 2.25. The van der Waals surface area contributed by atoms with Crippen LogP contribution in [0.2, 0.25) is 0 Å². The van der Waals surface area contributed by atoms with E-state index in [1.54, 1.807) is 17.2 Å². The molecule has 0 N–H and O–H groups in total. The van der Waals surface area contributed by atoms with Crippen molar-refractivity contribution in [2.45, 2.75) is 57.0 Å². The quantitative estimate of drug-likeness (QED) is 0.863. The van der Waals surface area contributed by atoms with Crippen molar-refractivity contribution in [1.29, 1.82) is 0 Å². The zero-order chi connectivity index (χ0) is 14.8. The number of hydrogen-bond acceptors (Lipinski definition) is 5. The SMILES string of the molecule is c1cnn(Cc2nc([C@H]3CCOC3)nn2C2CCCCC2)n1. The highest BCUT2D eigenvalue weighted by Crippen LogP contribution is 2.30. The Kier molecular flexibility index (Phi) is 3.88. The Labute approximate surface area is 129 Å². The molecule has 1 aliphatic heterocycles. The van der Waals surface area contributed by atoms with Crippen molar-refractivity contribution in [1.82, 2.24) is 29.8 Å². The van der Waals surface area contributed by atoms with E-state index in [0.29, 0.717) is 18.5 Å². The van der Waals surface area contributed by atoms with Crippen LogP contribution in [0.5, 0.6) is 0 Å². The van der Waals surface area contributed by atoms with E-state index in [-0.39, 0.29) is 0 Å². The molecule has 7 nitrogen and oxygen atoms in total. The second kappa shape index (κ2) is 6.16. The van der Waals surface area contributed by atoms with Crippen LogP contribution in [0.1, 0.15) is 62.1 Å². The molecule has 3 heterocycles. The Balaban J connectivity index is 1.63. The molecule has 2 fully saturated rings. The molecule has 22 heavy (non-hydrogen) atoms. The van der Waals surface area contributed by atoms with E-state index in [4.69, 9.17) is 14.8 Å². The van der Waals surface area contributed by atoms with Crippen molar-refractivity contribution in [2.24, 2.45) is 0 Å². The maximum Gasteiger partial charge on any atom is 0.156 e. The first kappa shape index (κ1) is 13.9. The maximum absolute atomic E-state index is 5.49. The van der Waals surface area contributed by atoms with Crippen LogP contribution in [0, 0.1) is 0 Å². The Morgan fingerprint density at radius 2 is 1.91 bits per heavy atom. The number of nitrogens with zero attached hydrogens (tertiary/aromatic N) is 6. The lowest BCUT2D eigenvalue weighted by Crippen LogP contribution is -2.19. The molecule has 7 heteroatoms. The van der Waals surface area contributed by atoms with Crippen molar-refractivity contribution in [3.63, 3.8) is 0 Å². The van der Waals surface area contributed by atoms with Crippen LogP contribution in [0.4, 0.5) is 0 Å². The second-order valence-corrected chi connectivity index (χ2v) is 6.24. The first-order chi connectivity index (χ1) is 10.9. The van der Waals surface area contributed by atoms with E-state index in [2.05, 4.69) is 14.9 Å². The zero-order valence-corrected chi connectivity index (χ0v) is 12.8. The molecule has 4 rings (SSSR count). The molecule has 0 spiro atoms. The van der Waals surface area contributed by atoms with Crippen molar-refractivity contribution in [3.8, 4) is 0 Å². The molecule has 0 unspecified atom stereocenters. The monoisotopic (exact) mass is 302 g/mol. The lowest BCUT2D eigenvalue weighted by atomic mass is 9.95. The minimum atomic E-state index is 0.342. The Morgan fingerprint density at radius 1 is 1.09 bits per heavy atom. The highest BCUT2D eigenvalue weighted by atomic mass is 16.5. The highest BCUT2D eigenvalue weighted by molar-refractivity contribution is 5.03. The van der Waals surface area contributed by atoms with Crippen molar-refractivity contribution >= 4 is 0 Å². The molecule has 0 amide bonds. The molecular weight excluding hydrogens is 280 g/mol. The van der Waals surface area contributed by atoms with Gasteiger partial charge in [0.2, 0.25) is 0 Å². The summed E-state index contributed by atoms with van der Waals surface area (Å²) in [6, 6.07) is 0.475. The van der Waals surface area contributed by atoms with Gasteiger partial charge in [0.1, 0.15) is 6.54 Å². The standard InChI is InChI=1S/C15H22N6O/c1-2-4-13(5-3-1)21-14(10-20-16-7-8-17-20)18-15(19-21)12-6-9-22-11-12/h7-8,12-13H,1-6,9-11H2/t12-/m0/s1. The van der Waals surface area contributed by atoms with Gasteiger partial charge in [-0.3, -0.25) is 0 Å². The molecule has 1 aliphatic carbocycles. The molecule has 1 saturated carbocycles. The maximum atomic E-state index is 5.49. The molecule has 1 atom stereocenters. The summed E-state index contributed by atoms with van der Waals surface area (Å²) in [6.45, 7) is 2.15. The Bertz CT molecular complexity index is 596. The van der Waals surface area contributed by atoms with Crippen LogP contribution in [-0.2, 0) is 11.3 Å². The molecule has 1 saturated heterocycles. The summed E-state index contributed by atoms with van der Waals surface area (Å²) < 4.78 is 7.64. The van der Waals surface area contributed by atoms with Crippen LogP contribution in [-0.4, -0.2) is 43.0 Å². The first-order valence-electron chi connectivity index (χ1n) is 8.27. The fraction of sp³-hybridized carbons (Fsp3) is 0.733. The van der Waals surface area contributed by atoms with Gasteiger partial charge in [0, 0.05) is 12.5 Å². The molecular formula is C15H22N6O. The fourth-order valence-corrected chi connectivity index (χ4v) is 3.46. The van der Waals surface area contributed by atoms with E-state index >= 15 is 0 Å². The van der Waals surface area contributed by atoms with E-state index in [9.17, 15) is 0 Å². The largest absolute Gasteiger partial charge is 0.381 e. The Morgan fingerprint density at radius 3 is 2.64 bits per heavy atom. The van der Waals surface area contributed by atoms with Gasteiger partial charge in [0.25, 0.3) is 0 Å². The minimum Gasteiger partial charge on any atom is -0.381 e. The van der Waals surface area contributed by atoms with Gasteiger partial charge < -0.3 is 4.74 Å². The topological polar surface area (TPSA) is 70.7 Å². The molecule has 2 aromatic heterocycles. The average Bonchev–Trinajstić information content (AvgIpc) is 3.30. The van der Waals surface area contributed by atoms with Crippen LogP contribution in [0.15, 0.2) is 12.4 Å². The molecule has 0 aromatic carbocycles. The van der Waals surface area contributed by atoms with Gasteiger partial charge in [-0.25, -0.2) is 9.67 Å². The summed E-state index contributed by atoms with van der Waals surface area (Å²) >= 11 is 0. The summed E-state index contributed by atoms with van der Waals surface area (Å²) in [5.41, 5.74) is 0. The van der Waals surface area contributed by atoms with Gasteiger partial charge in [-0.05, 0) is 19.3 Å². The van der Waals surface area contributed by atoms with Crippen LogP contribution < -0.4 is 0 Å². The molecule has 0 radical (unpaired) electrons. The average molecular weight is 302 g/mol. The zero-order valence-electron chi connectivity index (χ0n) is 12.8. The summed E-state index contributed by atoms with van der Waals surface area (Å²) in [6.07, 6.45) is 10.7. The summed E-state index contributed by atoms with van der Waals surface area (Å²) in [5, 5.41) is 13.3. The van der Waals surface area contributed by atoms with E-state index in [1.807, 2.05) is 0 Å². The normalized spacial score (nSPS) is 23.2.